The lowest BCUT2D eigenvalue weighted by Crippen LogP contribution is -2.52. The molecule has 1 aromatic heterocycles. The molecule has 0 spiro atoms. The number of piperidine rings is 1. The number of ether oxygens (including phenoxy) is 2. The van der Waals surface area contributed by atoms with Crippen molar-refractivity contribution < 1.29 is 48.5 Å². The van der Waals surface area contributed by atoms with E-state index in [0.717, 1.165) is 5.69 Å². The molecule has 19 nitrogen and oxygen atoms in total. The summed E-state index contributed by atoms with van der Waals surface area (Å²) in [7, 11) is 1.45. The van der Waals surface area contributed by atoms with Crippen molar-refractivity contribution in [3.63, 3.8) is 0 Å². The van der Waals surface area contributed by atoms with Crippen molar-refractivity contribution in [3.05, 3.63) is 101 Å². The fraction of sp³-hybridized carbons (Fsp3) is 0.304. The number of carbonyl (C=O) groups is 6. The van der Waals surface area contributed by atoms with E-state index >= 15 is 0 Å². The molecule has 3 aliphatic heterocycles. The number of imide groups is 1. The topological polar surface area (TPSA) is 238 Å². The van der Waals surface area contributed by atoms with E-state index in [-0.39, 0.29) is 77.5 Å². The molecule has 1 unspecified atom stereocenters. The lowest BCUT2D eigenvalue weighted by Gasteiger charge is -2.36. The monoisotopic (exact) mass is 885 g/mol. The largest absolute Gasteiger partial charge is 0.508 e. The van der Waals surface area contributed by atoms with Crippen LogP contribution >= 0.6 is 0 Å². The molecule has 65 heavy (non-hydrogen) atoms. The first-order valence-electron chi connectivity index (χ1n) is 21.1. The highest BCUT2D eigenvalue weighted by Gasteiger charge is 2.40. The van der Waals surface area contributed by atoms with Gasteiger partial charge in [-0.1, -0.05) is 19.9 Å². The number of hydrogen-bond acceptors (Lipinski definition) is 13. The van der Waals surface area contributed by atoms with E-state index in [1.54, 1.807) is 78.6 Å². The standard InChI is InChI=1S/C46H47N9O10/c1-5-47-43(60)41-51-50-40(31-22-30(25(2)3)35(56)23-36(31)57)55(41)27-11-9-26(10-12-27)44(61)53-19-17-52(18-20-53)28-13-15-37(38(21-28)64-4)65-46(63)48-33-8-6-7-29-32(33)24-54(45(29)62)34-14-16-39(58)49-42(34)59/h6-13,15,21-23,25,34,56-57H,5,14,16-20,24H2,1-4H3,(H,47,60)(H,48,63)(H,49,58,59). The molecule has 4 aromatic carbocycles. The molecule has 2 fully saturated rings. The number of piperazine rings is 1. The molecule has 0 radical (unpaired) electrons. The van der Waals surface area contributed by atoms with Gasteiger partial charge in [0.2, 0.25) is 17.6 Å². The van der Waals surface area contributed by atoms with Crippen LogP contribution in [0.15, 0.2) is 72.8 Å². The average Bonchev–Trinajstić information content (AvgIpc) is 3.88. The summed E-state index contributed by atoms with van der Waals surface area (Å²) >= 11 is 0. The maximum absolute atomic E-state index is 13.8. The van der Waals surface area contributed by atoms with Crippen LogP contribution in [-0.2, 0) is 16.1 Å². The van der Waals surface area contributed by atoms with Crippen LogP contribution in [-0.4, -0.2) is 116 Å². The first-order valence-corrected chi connectivity index (χ1v) is 21.1. The van der Waals surface area contributed by atoms with Gasteiger partial charge >= 0.3 is 6.09 Å². The number of rotatable bonds is 11. The van der Waals surface area contributed by atoms with Crippen molar-refractivity contribution in [1.29, 1.82) is 0 Å². The predicted octanol–water partition coefficient (Wildman–Crippen LogP) is 4.56. The van der Waals surface area contributed by atoms with Gasteiger partial charge in [0.25, 0.3) is 17.7 Å². The Morgan fingerprint density at radius 1 is 0.877 bits per heavy atom. The third kappa shape index (κ3) is 8.59. The highest BCUT2D eigenvalue weighted by atomic mass is 16.6. The van der Waals surface area contributed by atoms with Crippen molar-refractivity contribution in [1.82, 2.24) is 35.2 Å². The molecule has 1 atom stereocenters. The summed E-state index contributed by atoms with van der Waals surface area (Å²) < 4.78 is 12.8. The van der Waals surface area contributed by atoms with Gasteiger partial charge < -0.3 is 39.7 Å². The number of carbonyl (C=O) groups excluding carboxylic acids is 6. The fourth-order valence-corrected chi connectivity index (χ4v) is 8.30. The Bertz CT molecular complexity index is 2730. The minimum absolute atomic E-state index is 0.0227. The Hall–Kier alpha value is -7.96. The number of hydrogen-bond donors (Lipinski definition) is 5. The second kappa shape index (κ2) is 18.0. The van der Waals surface area contributed by atoms with Crippen LogP contribution in [0.5, 0.6) is 23.0 Å². The molecule has 336 valence electrons. The Labute approximate surface area is 372 Å². The third-order valence-corrected chi connectivity index (χ3v) is 11.7. The molecule has 3 aliphatic rings. The molecule has 0 bridgehead atoms. The van der Waals surface area contributed by atoms with Crippen LogP contribution in [0.1, 0.15) is 82.0 Å². The lowest BCUT2D eigenvalue weighted by molar-refractivity contribution is -0.136. The second-order valence-electron chi connectivity index (χ2n) is 16.0. The molecule has 4 heterocycles. The van der Waals surface area contributed by atoms with Crippen molar-refractivity contribution in [2.75, 3.05) is 50.1 Å². The van der Waals surface area contributed by atoms with Gasteiger partial charge in [-0.15, -0.1) is 10.2 Å². The van der Waals surface area contributed by atoms with Gasteiger partial charge in [0, 0.05) is 91.6 Å². The van der Waals surface area contributed by atoms with Crippen LogP contribution in [0.25, 0.3) is 17.1 Å². The van der Waals surface area contributed by atoms with E-state index in [0.29, 0.717) is 72.1 Å². The summed E-state index contributed by atoms with van der Waals surface area (Å²) in [5.41, 5.74) is 3.74. The predicted molar refractivity (Wildman–Crippen MR) is 235 cm³/mol. The Kier molecular flexibility index (Phi) is 12.1. The third-order valence-electron chi connectivity index (χ3n) is 11.7. The van der Waals surface area contributed by atoms with Crippen LogP contribution in [0, 0.1) is 0 Å². The van der Waals surface area contributed by atoms with Gasteiger partial charge in [0.05, 0.1) is 12.7 Å². The molecule has 0 aliphatic carbocycles. The summed E-state index contributed by atoms with van der Waals surface area (Å²) in [6.07, 6.45) is -0.487. The molecular weight excluding hydrogens is 839 g/mol. The molecule has 2 saturated heterocycles. The van der Waals surface area contributed by atoms with Gasteiger partial charge in [-0.25, -0.2) is 4.79 Å². The summed E-state index contributed by atoms with van der Waals surface area (Å²) in [5, 5.41) is 37.5. The van der Waals surface area contributed by atoms with Crippen LogP contribution < -0.4 is 30.3 Å². The molecular formula is C46H47N9O10. The number of nitrogens with zero attached hydrogens (tertiary/aromatic N) is 6. The average molecular weight is 886 g/mol. The number of aromatic nitrogens is 3. The normalized spacial score (nSPS) is 16.0. The van der Waals surface area contributed by atoms with E-state index in [1.165, 1.54) is 22.6 Å². The zero-order valence-electron chi connectivity index (χ0n) is 36.1. The van der Waals surface area contributed by atoms with Crippen molar-refractivity contribution in [2.45, 2.75) is 52.1 Å². The summed E-state index contributed by atoms with van der Waals surface area (Å²) in [6, 6.07) is 18.8. The zero-order valence-corrected chi connectivity index (χ0v) is 36.1. The second-order valence-corrected chi connectivity index (χ2v) is 16.0. The SMILES string of the molecule is CCNC(=O)c1nnc(-c2cc(C(C)C)c(O)cc2O)n1-c1ccc(C(=O)N2CCN(c3ccc(OC(=O)Nc4cccc5c4CN(C4CCC(=O)NC4=O)C5=O)c(OC)c3)CC2)cc1. The fourth-order valence-electron chi connectivity index (χ4n) is 8.30. The number of nitrogens with one attached hydrogen (secondary N) is 3. The number of aromatic hydroxyl groups is 2. The molecule has 0 saturated carbocycles. The number of fused-ring (bicyclic) bond motifs is 1. The quantitative estimate of drug-likeness (QED) is 0.115. The van der Waals surface area contributed by atoms with E-state index in [2.05, 4.69) is 31.0 Å². The molecule has 19 heteroatoms. The number of benzene rings is 4. The molecule has 5 N–H and O–H groups in total. The van der Waals surface area contributed by atoms with Crippen molar-refractivity contribution >= 4 is 47.0 Å². The van der Waals surface area contributed by atoms with Gasteiger partial charge in [0.15, 0.2) is 17.3 Å². The van der Waals surface area contributed by atoms with Gasteiger partial charge in [-0.2, -0.15) is 0 Å². The first kappa shape index (κ1) is 43.7. The molecule has 6 amide bonds. The first-order chi connectivity index (χ1) is 31.3. The molecule has 8 rings (SSSR count). The number of anilines is 2. The Balaban J connectivity index is 0.912. The maximum Gasteiger partial charge on any atom is 0.417 e. The van der Waals surface area contributed by atoms with Crippen LogP contribution in [0.3, 0.4) is 0 Å². The van der Waals surface area contributed by atoms with Crippen LogP contribution in [0.4, 0.5) is 16.2 Å². The maximum atomic E-state index is 13.8. The van der Waals surface area contributed by atoms with Crippen molar-refractivity contribution in [2.24, 2.45) is 0 Å². The van der Waals surface area contributed by atoms with Gasteiger partial charge in [-0.3, -0.25) is 39.2 Å². The smallest absolute Gasteiger partial charge is 0.417 e. The van der Waals surface area contributed by atoms with E-state index in [4.69, 9.17) is 9.47 Å². The number of amides is 6. The number of phenols is 2. The van der Waals surface area contributed by atoms with E-state index < -0.39 is 23.9 Å². The number of methoxy groups -OCH3 is 1. The zero-order chi connectivity index (χ0) is 46.1. The number of phenolic OH excluding ortho intramolecular Hbond substituents is 2. The summed E-state index contributed by atoms with van der Waals surface area (Å²) in [6.45, 7) is 7.80. The Morgan fingerprint density at radius 3 is 2.31 bits per heavy atom. The minimum Gasteiger partial charge on any atom is -0.508 e. The van der Waals surface area contributed by atoms with E-state index in [1.807, 2.05) is 13.8 Å². The minimum atomic E-state index is -0.821. The highest BCUT2D eigenvalue weighted by Crippen LogP contribution is 2.39. The van der Waals surface area contributed by atoms with Gasteiger partial charge in [0.1, 0.15) is 17.5 Å². The summed E-state index contributed by atoms with van der Waals surface area (Å²) in [4.78, 5) is 82.7. The van der Waals surface area contributed by atoms with E-state index in [9.17, 15) is 39.0 Å². The lowest BCUT2D eigenvalue weighted by atomic mass is 9.98. The molecule has 5 aromatic rings. The van der Waals surface area contributed by atoms with Crippen molar-refractivity contribution in [3.8, 4) is 40.1 Å². The van der Waals surface area contributed by atoms with Crippen LogP contribution in [0.2, 0.25) is 0 Å². The van der Waals surface area contributed by atoms with Gasteiger partial charge in [-0.05, 0) is 79.4 Å². The highest BCUT2D eigenvalue weighted by molar-refractivity contribution is 6.06. The summed E-state index contributed by atoms with van der Waals surface area (Å²) in [5.74, 6) is -1.74. The Morgan fingerprint density at radius 2 is 1.62 bits per heavy atom.